The molecule has 3 aromatic rings. The fourth-order valence-electron chi connectivity index (χ4n) is 2.08. The first-order chi connectivity index (χ1) is 10.4. The van der Waals surface area contributed by atoms with Crippen LogP contribution in [0.15, 0.2) is 41.7 Å². The lowest BCUT2D eigenvalue weighted by Crippen LogP contribution is -2.03. The summed E-state index contributed by atoms with van der Waals surface area (Å²) in [7, 11) is -3.57. The van der Waals surface area contributed by atoms with E-state index in [2.05, 4.69) is 9.97 Å². The highest BCUT2D eigenvalue weighted by molar-refractivity contribution is 7.90. The molecule has 0 spiro atoms. The number of carbonyl (C=O) groups is 1. The largest absolute Gasteiger partial charge is 0.477 e. The molecule has 2 aromatic heterocycles. The van der Waals surface area contributed by atoms with Gasteiger partial charge in [-0.1, -0.05) is 30.3 Å². The summed E-state index contributed by atoms with van der Waals surface area (Å²) < 4.78 is 23.8. The molecule has 0 bridgehead atoms. The second-order valence-corrected chi connectivity index (χ2v) is 7.58. The van der Waals surface area contributed by atoms with Crippen molar-refractivity contribution in [3.8, 4) is 11.1 Å². The van der Waals surface area contributed by atoms with Crippen molar-refractivity contribution in [2.75, 3.05) is 6.26 Å². The number of thiophene rings is 1. The number of benzene rings is 1. The molecule has 0 aliphatic carbocycles. The van der Waals surface area contributed by atoms with Crippen LogP contribution >= 0.6 is 11.3 Å². The number of fused-ring (bicyclic) bond motifs is 1. The number of rotatable bonds is 3. The molecule has 1 N–H and O–H groups in total. The van der Waals surface area contributed by atoms with Crippen LogP contribution in [0.5, 0.6) is 0 Å². The third-order valence-electron chi connectivity index (χ3n) is 3.00. The van der Waals surface area contributed by atoms with E-state index in [9.17, 15) is 18.3 Å². The van der Waals surface area contributed by atoms with Crippen LogP contribution in [0.25, 0.3) is 21.3 Å². The minimum absolute atomic E-state index is 0.112. The molecule has 0 amide bonds. The number of hydrogen-bond donors (Lipinski definition) is 1. The second-order valence-electron chi connectivity index (χ2n) is 4.61. The first-order valence-electron chi connectivity index (χ1n) is 6.16. The lowest BCUT2D eigenvalue weighted by atomic mass is 10.1. The normalized spacial score (nSPS) is 11.7. The van der Waals surface area contributed by atoms with E-state index in [0.717, 1.165) is 17.6 Å². The predicted octanol–water partition coefficient (Wildman–Crippen LogP) is 2.46. The first-order valence-corrected chi connectivity index (χ1v) is 8.87. The fraction of sp³-hybridized carbons (Fsp3) is 0.0714. The van der Waals surface area contributed by atoms with Crippen molar-refractivity contribution in [2.45, 2.75) is 5.16 Å². The highest BCUT2D eigenvalue weighted by Crippen LogP contribution is 2.37. The first kappa shape index (κ1) is 14.6. The lowest BCUT2D eigenvalue weighted by molar-refractivity contribution is 0.0703. The topological polar surface area (TPSA) is 97.2 Å². The van der Waals surface area contributed by atoms with Gasteiger partial charge in [-0.3, -0.25) is 0 Å². The Bertz CT molecular complexity index is 979. The molecule has 0 aliphatic heterocycles. The number of nitrogens with zero attached hydrogens (tertiary/aromatic N) is 2. The van der Waals surface area contributed by atoms with Gasteiger partial charge in [-0.2, -0.15) is 0 Å². The van der Waals surface area contributed by atoms with E-state index in [-0.39, 0.29) is 10.0 Å². The highest BCUT2D eigenvalue weighted by atomic mass is 32.2. The van der Waals surface area contributed by atoms with Gasteiger partial charge in [0.05, 0.1) is 10.2 Å². The smallest absolute Gasteiger partial charge is 0.346 e. The minimum atomic E-state index is -3.57. The summed E-state index contributed by atoms with van der Waals surface area (Å²) in [5.74, 6) is -1.08. The maximum absolute atomic E-state index is 11.6. The number of aromatic carboxylic acids is 1. The molecule has 0 radical (unpaired) electrons. The van der Waals surface area contributed by atoms with E-state index in [4.69, 9.17) is 0 Å². The van der Waals surface area contributed by atoms with Gasteiger partial charge in [-0.25, -0.2) is 23.2 Å². The lowest BCUT2D eigenvalue weighted by Gasteiger charge is -2.02. The van der Waals surface area contributed by atoms with Gasteiger partial charge in [-0.15, -0.1) is 11.3 Å². The van der Waals surface area contributed by atoms with E-state index >= 15 is 0 Å². The van der Waals surface area contributed by atoms with Crippen LogP contribution in [-0.4, -0.2) is 35.7 Å². The second kappa shape index (κ2) is 5.15. The van der Waals surface area contributed by atoms with Crippen LogP contribution in [-0.2, 0) is 9.84 Å². The third kappa shape index (κ3) is 2.46. The molecule has 0 aliphatic rings. The van der Waals surface area contributed by atoms with Crippen LogP contribution in [0.4, 0.5) is 0 Å². The molecule has 6 nitrogen and oxygen atoms in total. The zero-order valence-electron chi connectivity index (χ0n) is 11.3. The van der Waals surface area contributed by atoms with E-state index in [0.29, 0.717) is 21.3 Å². The van der Waals surface area contributed by atoms with Crippen LogP contribution in [0.1, 0.15) is 9.67 Å². The van der Waals surface area contributed by atoms with Crippen LogP contribution in [0, 0.1) is 0 Å². The van der Waals surface area contributed by atoms with E-state index in [1.165, 1.54) is 6.20 Å². The molecule has 0 saturated carbocycles. The van der Waals surface area contributed by atoms with Crippen molar-refractivity contribution in [3.63, 3.8) is 0 Å². The Morgan fingerprint density at radius 3 is 2.50 bits per heavy atom. The SMILES string of the molecule is CS(=O)(=O)c1ncc2sc(C(=O)O)c(-c3ccccc3)c2n1. The molecule has 0 fully saturated rings. The zero-order chi connectivity index (χ0) is 15.9. The van der Waals surface area contributed by atoms with E-state index < -0.39 is 15.8 Å². The molecule has 8 heteroatoms. The fourth-order valence-corrected chi connectivity index (χ4v) is 3.55. The maximum atomic E-state index is 11.6. The molecule has 112 valence electrons. The van der Waals surface area contributed by atoms with Gasteiger partial charge in [0.25, 0.3) is 0 Å². The monoisotopic (exact) mass is 334 g/mol. The number of carboxylic acid groups (broad SMARTS) is 1. The van der Waals surface area contributed by atoms with Crippen LogP contribution in [0.3, 0.4) is 0 Å². The van der Waals surface area contributed by atoms with Crippen molar-refractivity contribution < 1.29 is 18.3 Å². The zero-order valence-corrected chi connectivity index (χ0v) is 13.0. The van der Waals surface area contributed by atoms with Gasteiger partial charge in [0.15, 0.2) is 0 Å². The quantitative estimate of drug-likeness (QED) is 0.739. The van der Waals surface area contributed by atoms with E-state index in [1.54, 1.807) is 24.3 Å². The Morgan fingerprint density at radius 2 is 1.91 bits per heavy atom. The Hall–Kier alpha value is -2.32. The summed E-state index contributed by atoms with van der Waals surface area (Å²) in [4.78, 5) is 19.5. The van der Waals surface area contributed by atoms with Gasteiger partial charge in [0.1, 0.15) is 4.88 Å². The molecule has 0 atom stereocenters. The van der Waals surface area contributed by atoms with Gasteiger partial charge in [0, 0.05) is 18.0 Å². The van der Waals surface area contributed by atoms with Crippen molar-refractivity contribution in [1.82, 2.24) is 9.97 Å². The molecule has 2 heterocycles. The van der Waals surface area contributed by atoms with Crippen LogP contribution in [0.2, 0.25) is 0 Å². The highest BCUT2D eigenvalue weighted by Gasteiger charge is 2.22. The molecule has 3 rings (SSSR count). The van der Waals surface area contributed by atoms with Crippen molar-refractivity contribution in [2.24, 2.45) is 0 Å². The van der Waals surface area contributed by atoms with Gasteiger partial charge < -0.3 is 5.11 Å². The Balaban J connectivity index is 2.40. The summed E-state index contributed by atoms with van der Waals surface area (Å²) in [5, 5.41) is 9.09. The molecule has 0 saturated heterocycles. The van der Waals surface area contributed by atoms with Crippen molar-refractivity contribution in [1.29, 1.82) is 0 Å². The summed E-state index contributed by atoms with van der Waals surface area (Å²) >= 11 is 1.03. The van der Waals surface area contributed by atoms with Gasteiger partial charge >= 0.3 is 5.97 Å². The Labute approximate surface area is 130 Å². The summed E-state index contributed by atoms with van der Waals surface area (Å²) in [6.45, 7) is 0. The molecule has 1 aromatic carbocycles. The third-order valence-corrected chi connectivity index (χ3v) is 4.96. The van der Waals surface area contributed by atoms with E-state index in [1.807, 2.05) is 6.07 Å². The molecule has 0 unspecified atom stereocenters. The Morgan fingerprint density at radius 1 is 1.23 bits per heavy atom. The molecule has 22 heavy (non-hydrogen) atoms. The molecular weight excluding hydrogens is 324 g/mol. The van der Waals surface area contributed by atoms with Gasteiger partial charge in [0.2, 0.25) is 15.0 Å². The number of aromatic nitrogens is 2. The number of hydrogen-bond acceptors (Lipinski definition) is 6. The minimum Gasteiger partial charge on any atom is -0.477 e. The average Bonchev–Trinajstić information content (AvgIpc) is 2.86. The summed E-state index contributed by atoms with van der Waals surface area (Å²) in [5.41, 5.74) is 1.42. The van der Waals surface area contributed by atoms with Gasteiger partial charge in [-0.05, 0) is 5.56 Å². The van der Waals surface area contributed by atoms with Crippen molar-refractivity contribution in [3.05, 3.63) is 41.4 Å². The van der Waals surface area contributed by atoms with Crippen molar-refractivity contribution >= 4 is 37.4 Å². The molecular formula is C14H10N2O4S2. The standard InChI is InChI=1S/C14H10N2O4S2/c1-22(19,20)14-15-7-9-11(16-14)10(12(21-9)13(17)18)8-5-3-2-4-6-8/h2-7H,1H3,(H,17,18). The number of carboxylic acids is 1. The predicted molar refractivity (Wildman–Crippen MR) is 82.9 cm³/mol. The van der Waals surface area contributed by atoms with Crippen LogP contribution < -0.4 is 0 Å². The number of sulfone groups is 1. The average molecular weight is 334 g/mol. The summed E-state index contributed by atoms with van der Waals surface area (Å²) in [6, 6.07) is 8.90. The maximum Gasteiger partial charge on any atom is 0.346 e. The summed E-state index contributed by atoms with van der Waals surface area (Å²) in [6.07, 6.45) is 2.36. The Kier molecular flexibility index (Phi) is 3.42.